The van der Waals surface area contributed by atoms with Gasteiger partial charge in [0.2, 0.25) is 5.78 Å². The lowest BCUT2D eigenvalue weighted by Gasteiger charge is -2.12. The normalized spacial score (nSPS) is 11.7. The van der Waals surface area contributed by atoms with Gasteiger partial charge in [0.25, 0.3) is 0 Å². The standard InChI is InChI=1S/C16H13BrO4/c1-10(15(19)11-5-7-13(17)8-6-11)21-16(20)12-3-2-4-14(18)9-12/h2-10,18H,1H3/t10-/m0/s1. The third-order valence-electron chi connectivity index (χ3n) is 2.86. The number of esters is 1. The molecule has 2 aromatic rings. The highest BCUT2D eigenvalue weighted by atomic mass is 79.9. The number of aromatic hydroxyl groups is 1. The molecule has 1 atom stereocenters. The van der Waals surface area contributed by atoms with Crippen LogP contribution in [0.3, 0.4) is 0 Å². The van der Waals surface area contributed by atoms with Gasteiger partial charge in [-0.2, -0.15) is 0 Å². The van der Waals surface area contributed by atoms with Gasteiger partial charge < -0.3 is 9.84 Å². The highest BCUT2D eigenvalue weighted by Crippen LogP contribution is 2.15. The van der Waals surface area contributed by atoms with Gasteiger partial charge in [-0.1, -0.05) is 34.1 Å². The first-order chi connectivity index (χ1) is 9.97. The zero-order valence-electron chi connectivity index (χ0n) is 11.2. The summed E-state index contributed by atoms with van der Waals surface area (Å²) in [6.45, 7) is 1.52. The number of ether oxygens (including phenoxy) is 1. The SMILES string of the molecule is C[C@H](OC(=O)c1cccc(O)c1)C(=O)c1ccc(Br)cc1. The fraction of sp³-hybridized carbons (Fsp3) is 0.125. The van der Waals surface area contributed by atoms with Crippen molar-refractivity contribution in [3.8, 4) is 5.75 Å². The molecule has 0 aliphatic carbocycles. The Labute approximate surface area is 130 Å². The van der Waals surface area contributed by atoms with Crippen molar-refractivity contribution < 1.29 is 19.4 Å². The van der Waals surface area contributed by atoms with Crippen molar-refractivity contribution in [1.29, 1.82) is 0 Å². The van der Waals surface area contributed by atoms with Crippen LogP contribution in [0, 0.1) is 0 Å². The number of hydrogen-bond acceptors (Lipinski definition) is 4. The van der Waals surface area contributed by atoms with Crippen LogP contribution in [0.15, 0.2) is 53.0 Å². The van der Waals surface area contributed by atoms with E-state index in [-0.39, 0.29) is 17.1 Å². The molecule has 0 spiro atoms. The first-order valence-electron chi connectivity index (χ1n) is 6.27. The quantitative estimate of drug-likeness (QED) is 0.677. The number of Topliss-reactive ketones (excluding diaryl/α,β-unsaturated/α-hetero) is 1. The van der Waals surface area contributed by atoms with Crippen molar-refractivity contribution >= 4 is 27.7 Å². The number of halogens is 1. The van der Waals surface area contributed by atoms with Crippen molar-refractivity contribution in [2.24, 2.45) is 0 Å². The summed E-state index contributed by atoms with van der Waals surface area (Å²) >= 11 is 3.29. The molecule has 4 nitrogen and oxygen atoms in total. The second-order valence-electron chi connectivity index (χ2n) is 4.47. The Bertz CT molecular complexity index is 664. The van der Waals surface area contributed by atoms with Crippen LogP contribution in [-0.2, 0) is 4.74 Å². The van der Waals surface area contributed by atoms with Gasteiger partial charge in [-0.3, -0.25) is 4.79 Å². The molecule has 0 saturated heterocycles. The molecule has 0 bridgehead atoms. The summed E-state index contributed by atoms with van der Waals surface area (Å²) in [5.41, 5.74) is 0.667. The van der Waals surface area contributed by atoms with Gasteiger partial charge in [-0.25, -0.2) is 4.79 Å². The number of phenolic OH excluding ortho intramolecular Hbond substituents is 1. The second-order valence-corrected chi connectivity index (χ2v) is 5.38. The molecule has 0 heterocycles. The molecule has 0 aromatic heterocycles. The summed E-state index contributed by atoms with van der Waals surface area (Å²) in [4.78, 5) is 24.1. The van der Waals surface area contributed by atoms with E-state index in [1.807, 2.05) is 0 Å². The van der Waals surface area contributed by atoms with Crippen LogP contribution in [0.5, 0.6) is 5.75 Å². The molecule has 0 fully saturated rings. The first kappa shape index (κ1) is 15.3. The number of carbonyl (C=O) groups excluding carboxylic acids is 2. The van der Waals surface area contributed by atoms with Crippen molar-refractivity contribution in [2.45, 2.75) is 13.0 Å². The van der Waals surface area contributed by atoms with E-state index < -0.39 is 12.1 Å². The van der Waals surface area contributed by atoms with E-state index in [2.05, 4.69) is 15.9 Å². The fourth-order valence-electron chi connectivity index (χ4n) is 1.76. The van der Waals surface area contributed by atoms with Crippen LogP contribution in [0.25, 0.3) is 0 Å². The van der Waals surface area contributed by atoms with Gasteiger partial charge in [0.1, 0.15) is 5.75 Å². The van der Waals surface area contributed by atoms with Gasteiger partial charge in [-0.15, -0.1) is 0 Å². The number of benzene rings is 2. The third kappa shape index (κ3) is 3.92. The van der Waals surface area contributed by atoms with Crippen molar-refractivity contribution in [1.82, 2.24) is 0 Å². The molecule has 0 amide bonds. The molecular weight excluding hydrogens is 336 g/mol. The number of rotatable bonds is 4. The smallest absolute Gasteiger partial charge is 0.338 e. The van der Waals surface area contributed by atoms with Gasteiger partial charge in [0.05, 0.1) is 5.56 Å². The lowest BCUT2D eigenvalue weighted by Crippen LogP contribution is -2.24. The van der Waals surface area contributed by atoms with Crippen LogP contribution in [0.1, 0.15) is 27.6 Å². The van der Waals surface area contributed by atoms with E-state index >= 15 is 0 Å². The van der Waals surface area contributed by atoms with Gasteiger partial charge in [0, 0.05) is 10.0 Å². The predicted molar refractivity (Wildman–Crippen MR) is 81.5 cm³/mol. The summed E-state index contributed by atoms with van der Waals surface area (Å²) < 4.78 is 5.99. The first-order valence-corrected chi connectivity index (χ1v) is 7.06. The predicted octanol–water partition coefficient (Wildman–Crippen LogP) is 3.58. The minimum atomic E-state index is -0.902. The van der Waals surface area contributed by atoms with Gasteiger partial charge in [0.15, 0.2) is 6.10 Å². The molecule has 1 N–H and O–H groups in total. The molecule has 0 aliphatic heterocycles. The van der Waals surface area contributed by atoms with E-state index in [4.69, 9.17) is 4.74 Å². The number of hydrogen-bond donors (Lipinski definition) is 1. The molecule has 5 heteroatoms. The molecule has 0 aliphatic rings. The van der Waals surface area contributed by atoms with E-state index in [0.29, 0.717) is 5.56 Å². The molecule has 0 saturated carbocycles. The lowest BCUT2D eigenvalue weighted by molar-refractivity contribution is 0.0318. The average Bonchev–Trinajstić information content (AvgIpc) is 2.47. The Balaban J connectivity index is 2.07. The molecule has 21 heavy (non-hydrogen) atoms. The topological polar surface area (TPSA) is 63.6 Å². The average molecular weight is 349 g/mol. The highest BCUT2D eigenvalue weighted by Gasteiger charge is 2.20. The Morgan fingerprint density at radius 3 is 2.38 bits per heavy atom. The maximum absolute atomic E-state index is 12.1. The largest absolute Gasteiger partial charge is 0.508 e. The zero-order chi connectivity index (χ0) is 15.4. The minimum absolute atomic E-state index is 0.0312. The summed E-state index contributed by atoms with van der Waals surface area (Å²) in [5.74, 6) is -0.962. The Hall–Kier alpha value is -2.14. The molecule has 2 rings (SSSR count). The van der Waals surface area contributed by atoms with Crippen LogP contribution in [0.4, 0.5) is 0 Å². The Morgan fingerprint density at radius 2 is 1.76 bits per heavy atom. The third-order valence-corrected chi connectivity index (χ3v) is 3.39. The summed E-state index contributed by atoms with van der Waals surface area (Å²) in [6.07, 6.45) is -0.902. The monoisotopic (exact) mass is 348 g/mol. The van der Waals surface area contributed by atoms with Gasteiger partial charge in [-0.05, 0) is 37.3 Å². The molecule has 0 unspecified atom stereocenters. The number of ketones is 1. The van der Waals surface area contributed by atoms with Crippen molar-refractivity contribution in [3.63, 3.8) is 0 Å². The maximum Gasteiger partial charge on any atom is 0.338 e. The summed E-state index contributed by atoms with van der Waals surface area (Å²) in [7, 11) is 0. The molecule has 2 aromatic carbocycles. The van der Waals surface area contributed by atoms with E-state index in [1.165, 1.54) is 31.2 Å². The van der Waals surface area contributed by atoms with Crippen LogP contribution in [-0.4, -0.2) is 23.0 Å². The fourth-order valence-corrected chi connectivity index (χ4v) is 2.03. The minimum Gasteiger partial charge on any atom is -0.508 e. The summed E-state index contributed by atoms with van der Waals surface area (Å²) in [5, 5.41) is 9.33. The van der Waals surface area contributed by atoms with E-state index in [1.54, 1.807) is 24.3 Å². The van der Waals surface area contributed by atoms with Crippen molar-refractivity contribution in [3.05, 3.63) is 64.1 Å². The van der Waals surface area contributed by atoms with Crippen LogP contribution < -0.4 is 0 Å². The lowest BCUT2D eigenvalue weighted by atomic mass is 10.1. The molecular formula is C16H13BrO4. The number of phenols is 1. The van der Waals surface area contributed by atoms with E-state index in [0.717, 1.165) is 4.47 Å². The molecule has 0 radical (unpaired) electrons. The molecule has 108 valence electrons. The van der Waals surface area contributed by atoms with E-state index in [9.17, 15) is 14.7 Å². The maximum atomic E-state index is 12.1. The second kappa shape index (κ2) is 6.54. The Morgan fingerprint density at radius 1 is 1.10 bits per heavy atom. The van der Waals surface area contributed by atoms with Crippen molar-refractivity contribution in [2.75, 3.05) is 0 Å². The Kier molecular flexibility index (Phi) is 4.75. The van der Waals surface area contributed by atoms with Gasteiger partial charge >= 0.3 is 5.97 Å². The highest BCUT2D eigenvalue weighted by molar-refractivity contribution is 9.10. The van der Waals surface area contributed by atoms with Crippen LogP contribution >= 0.6 is 15.9 Å². The van der Waals surface area contributed by atoms with Crippen LogP contribution in [0.2, 0.25) is 0 Å². The zero-order valence-corrected chi connectivity index (χ0v) is 12.8. The summed E-state index contributed by atoms with van der Waals surface area (Å²) in [6, 6.07) is 12.6. The number of carbonyl (C=O) groups is 2.